The number of hydrogen-bond acceptors (Lipinski definition) is 5. The summed E-state index contributed by atoms with van der Waals surface area (Å²) in [5.74, 6) is 0.294. The topological polar surface area (TPSA) is 97.5 Å². The maximum atomic E-state index is 12.2. The van der Waals surface area contributed by atoms with Crippen molar-refractivity contribution in [3.8, 4) is 5.75 Å². The lowest BCUT2D eigenvalue weighted by molar-refractivity contribution is -0.119. The molecule has 3 rings (SSSR count). The largest absolute Gasteiger partial charge is 0.490 e. The van der Waals surface area contributed by atoms with Crippen LogP contribution in [0, 0.1) is 0 Å². The third-order valence-corrected chi connectivity index (χ3v) is 4.49. The molecule has 1 aliphatic heterocycles. The van der Waals surface area contributed by atoms with E-state index in [0.29, 0.717) is 18.7 Å². The Morgan fingerprint density at radius 1 is 1.15 bits per heavy atom. The van der Waals surface area contributed by atoms with Crippen molar-refractivity contribution in [2.45, 2.75) is 25.5 Å². The van der Waals surface area contributed by atoms with E-state index in [4.69, 9.17) is 10.5 Å². The third-order valence-electron chi connectivity index (χ3n) is 4.49. The van der Waals surface area contributed by atoms with Gasteiger partial charge < -0.3 is 15.8 Å². The summed E-state index contributed by atoms with van der Waals surface area (Å²) >= 11 is 0. The van der Waals surface area contributed by atoms with Gasteiger partial charge in [-0.3, -0.25) is 19.5 Å². The van der Waals surface area contributed by atoms with Crippen molar-refractivity contribution in [2.24, 2.45) is 5.73 Å². The van der Waals surface area contributed by atoms with Gasteiger partial charge in [-0.15, -0.1) is 0 Å². The van der Waals surface area contributed by atoms with Gasteiger partial charge in [0.05, 0.1) is 18.8 Å². The van der Waals surface area contributed by atoms with Gasteiger partial charge in [-0.2, -0.15) is 0 Å². The standard InChI is InChI=1S/C20H24N4O3/c21-19(25)14-24-11-8-18(9-12-24)27-17-6-4-15(5-7-17)20(26)23-13-16-3-1-2-10-22-16/h1-7,10,18H,8-9,11-14H2,(H2,21,25)(H,23,26). The molecule has 2 heterocycles. The molecule has 0 bridgehead atoms. The van der Waals surface area contributed by atoms with E-state index in [-0.39, 0.29) is 17.9 Å². The Morgan fingerprint density at radius 3 is 2.52 bits per heavy atom. The summed E-state index contributed by atoms with van der Waals surface area (Å²) in [6.45, 7) is 2.28. The highest BCUT2D eigenvalue weighted by Crippen LogP contribution is 2.19. The Bertz CT molecular complexity index is 757. The number of ether oxygens (including phenoxy) is 1. The van der Waals surface area contributed by atoms with Gasteiger partial charge in [0.1, 0.15) is 11.9 Å². The van der Waals surface area contributed by atoms with Crippen LogP contribution in [0.5, 0.6) is 5.75 Å². The molecule has 1 aromatic carbocycles. The zero-order chi connectivity index (χ0) is 19.1. The second kappa shape index (κ2) is 9.14. The minimum absolute atomic E-state index is 0.109. The fourth-order valence-corrected chi connectivity index (χ4v) is 3.06. The minimum Gasteiger partial charge on any atom is -0.490 e. The van der Waals surface area contributed by atoms with E-state index in [2.05, 4.69) is 10.3 Å². The van der Waals surface area contributed by atoms with Gasteiger partial charge in [-0.1, -0.05) is 6.07 Å². The summed E-state index contributed by atoms with van der Waals surface area (Å²) in [6.07, 6.45) is 3.50. The predicted octanol–water partition coefficient (Wildman–Crippen LogP) is 1.34. The normalized spacial score (nSPS) is 15.3. The maximum absolute atomic E-state index is 12.2. The first-order valence-corrected chi connectivity index (χ1v) is 9.05. The number of rotatable bonds is 7. The van der Waals surface area contributed by atoms with Gasteiger partial charge in [-0.05, 0) is 49.2 Å². The SMILES string of the molecule is NC(=O)CN1CCC(Oc2ccc(C(=O)NCc3ccccn3)cc2)CC1. The molecule has 1 fully saturated rings. The molecule has 7 nitrogen and oxygen atoms in total. The van der Waals surface area contributed by atoms with E-state index < -0.39 is 0 Å². The van der Waals surface area contributed by atoms with Gasteiger partial charge in [0, 0.05) is 24.8 Å². The molecule has 0 radical (unpaired) electrons. The van der Waals surface area contributed by atoms with Crippen LogP contribution in [-0.2, 0) is 11.3 Å². The zero-order valence-electron chi connectivity index (χ0n) is 15.1. The van der Waals surface area contributed by atoms with Crippen LogP contribution in [0.4, 0.5) is 0 Å². The highest BCUT2D eigenvalue weighted by atomic mass is 16.5. The van der Waals surface area contributed by atoms with E-state index in [1.54, 1.807) is 18.3 Å². The van der Waals surface area contributed by atoms with Gasteiger partial charge in [0.25, 0.3) is 5.91 Å². The highest BCUT2D eigenvalue weighted by molar-refractivity contribution is 5.94. The third kappa shape index (κ3) is 5.79. The summed E-state index contributed by atoms with van der Waals surface area (Å²) < 4.78 is 5.99. The molecule has 1 aromatic heterocycles. The minimum atomic E-state index is -0.300. The molecular formula is C20H24N4O3. The molecule has 0 aliphatic carbocycles. The number of pyridine rings is 1. The van der Waals surface area contributed by atoms with Crippen LogP contribution in [-0.4, -0.2) is 47.4 Å². The fourth-order valence-electron chi connectivity index (χ4n) is 3.06. The van der Waals surface area contributed by atoms with E-state index in [0.717, 1.165) is 37.4 Å². The van der Waals surface area contributed by atoms with E-state index in [1.165, 1.54) is 0 Å². The quantitative estimate of drug-likeness (QED) is 0.769. The Kier molecular flexibility index (Phi) is 6.38. The Hall–Kier alpha value is -2.93. The molecule has 0 atom stereocenters. The van der Waals surface area contributed by atoms with Crippen LogP contribution in [0.15, 0.2) is 48.7 Å². The molecule has 0 spiro atoms. The van der Waals surface area contributed by atoms with Crippen molar-refractivity contribution in [1.82, 2.24) is 15.2 Å². The van der Waals surface area contributed by atoms with Crippen molar-refractivity contribution in [3.63, 3.8) is 0 Å². The maximum Gasteiger partial charge on any atom is 0.251 e. The molecule has 27 heavy (non-hydrogen) atoms. The van der Waals surface area contributed by atoms with Crippen LogP contribution >= 0.6 is 0 Å². The molecule has 2 amide bonds. The number of carbonyl (C=O) groups excluding carboxylic acids is 2. The van der Waals surface area contributed by atoms with Crippen molar-refractivity contribution >= 4 is 11.8 Å². The van der Waals surface area contributed by atoms with Gasteiger partial charge >= 0.3 is 0 Å². The zero-order valence-corrected chi connectivity index (χ0v) is 15.1. The van der Waals surface area contributed by atoms with E-state index in [9.17, 15) is 9.59 Å². The number of piperidine rings is 1. The van der Waals surface area contributed by atoms with Gasteiger partial charge in [-0.25, -0.2) is 0 Å². The lowest BCUT2D eigenvalue weighted by Gasteiger charge is -2.31. The first-order chi connectivity index (χ1) is 13.1. The molecule has 0 unspecified atom stereocenters. The van der Waals surface area contributed by atoms with Crippen molar-refractivity contribution in [3.05, 3.63) is 59.9 Å². The summed E-state index contributed by atoms with van der Waals surface area (Å²) in [7, 11) is 0. The fraction of sp³-hybridized carbons (Fsp3) is 0.350. The molecule has 0 saturated carbocycles. The van der Waals surface area contributed by atoms with Gasteiger partial charge in [0.2, 0.25) is 5.91 Å². The molecule has 7 heteroatoms. The summed E-state index contributed by atoms with van der Waals surface area (Å²) in [4.78, 5) is 29.4. The highest BCUT2D eigenvalue weighted by Gasteiger charge is 2.21. The number of amides is 2. The summed E-state index contributed by atoms with van der Waals surface area (Å²) in [5, 5.41) is 2.85. The second-order valence-electron chi connectivity index (χ2n) is 6.59. The lowest BCUT2D eigenvalue weighted by atomic mass is 10.1. The smallest absolute Gasteiger partial charge is 0.251 e. The predicted molar refractivity (Wildman–Crippen MR) is 101 cm³/mol. The van der Waals surface area contributed by atoms with E-state index >= 15 is 0 Å². The summed E-state index contributed by atoms with van der Waals surface area (Å²) in [5.41, 5.74) is 6.62. The molecule has 3 N–H and O–H groups in total. The number of aromatic nitrogens is 1. The van der Waals surface area contributed by atoms with Crippen molar-refractivity contribution < 1.29 is 14.3 Å². The van der Waals surface area contributed by atoms with E-state index in [1.807, 2.05) is 35.2 Å². The van der Waals surface area contributed by atoms with Crippen LogP contribution in [0.2, 0.25) is 0 Å². The molecule has 1 saturated heterocycles. The first-order valence-electron chi connectivity index (χ1n) is 9.05. The number of nitrogens with zero attached hydrogens (tertiary/aromatic N) is 2. The summed E-state index contributed by atoms with van der Waals surface area (Å²) in [6, 6.07) is 12.7. The number of likely N-dealkylation sites (tertiary alicyclic amines) is 1. The number of nitrogens with two attached hydrogens (primary N) is 1. The average Bonchev–Trinajstić information content (AvgIpc) is 2.69. The number of nitrogens with one attached hydrogen (secondary N) is 1. The second-order valence-corrected chi connectivity index (χ2v) is 6.59. The van der Waals surface area contributed by atoms with Crippen LogP contribution < -0.4 is 15.8 Å². The van der Waals surface area contributed by atoms with Crippen LogP contribution in [0.3, 0.4) is 0 Å². The molecular weight excluding hydrogens is 344 g/mol. The Morgan fingerprint density at radius 2 is 1.89 bits per heavy atom. The van der Waals surface area contributed by atoms with Crippen LogP contribution in [0.25, 0.3) is 0 Å². The van der Waals surface area contributed by atoms with Crippen molar-refractivity contribution in [1.29, 1.82) is 0 Å². The van der Waals surface area contributed by atoms with Crippen molar-refractivity contribution in [2.75, 3.05) is 19.6 Å². The lowest BCUT2D eigenvalue weighted by Crippen LogP contribution is -2.42. The monoisotopic (exact) mass is 368 g/mol. The number of carbonyl (C=O) groups is 2. The molecule has 1 aliphatic rings. The van der Waals surface area contributed by atoms with Crippen LogP contribution in [0.1, 0.15) is 28.9 Å². The number of hydrogen-bond donors (Lipinski definition) is 2. The number of primary amides is 1. The Labute approximate surface area is 158 Å². The first kappa shape index (κ1) is 18.8. The van der Waals surface area contributed by atoms with Gasteiger partial charge in [0.15, 0.2) is 0 Å². The molecule has 2 aromatic rings. The number of benzene rings is 1. The molecule has 142 valence electrons. The Balaban J connectivity index is 1.46. The average molecular weight is 368 g/mol.